The Morgan fingerprint density at radius 2 is 2.12 bits per heavy atom. The molecule has 1 aliphatic heterocycles. The molecule has 1 N–H and O–H groups in total. The standard InChI is InChI=1S/C18H22N6/c1-23-10-5-8-15(16(23)14-6-3-2-4-7-14)12-20-17-18-22-21-13-24(18)11-9-19-17/h2-4,6-7,9,11,13,15-16H,5,8,10,12H2,1H3,(H,19,20)/t15-,16-/m1/s1. The molecule has 3 aromatic rings. The second-order valence-electron chi connectivity index (χ2n) is 6.46. The van der Waals surface area contributed by atoms with E-state index in [0.29, 0.717) is 12.0 Å². The number of fused-ring (bicyclic) bond motifs is 1. The molecule has 0 unspecified atom stereocenters. The van der Waals surface area contributed by atoms with Crippen LogP contribution in [-0.2, 0) is 0 Å². The van der Waals surface area contributed by atoms with Gasteiger partial charge in [0.05, 0.1) is 0 Å². The van der Waals surface area contributed by atoms with Crippen molar-refractivity contribution in [2.75, 3.05) is 25.5 Å². The lowest BCUT2D eigenvalue weighted by Crippen LogP contribution is -2.39. The molecule has 1 aliphatic rings. The molecule has 0 saturated carbocycles. The summed E-state index contributed by atoms with van der Waals surface area (Å²) in [5, 5.41) is 11.6. The monoisotopic (exact) mass is 322 g/mol. The Bertz CT molecular complexity index is 799. The quantitative estimate of drug-likeness (QED) is 0.800. The number of likely N-dealkylation sites (tertiary alicyclic amines) is 1. The molecular formula is C18H22N6. The van der Waals surface area contributed by atoms with Crippen molar-refractivity contribution in [2.45, 2.75) is 18.9 Å². The van der Waals surface area contributed by atoms with Crippen LogP contribution in [0.5, 0.6) is 0 Å². The predicted molar refractivity (Wildman–Crippen MR) is 93.8 cm³/mol. The molecule has 3 heterocycles. The smallest absolute Gasteiger partial charge is 0.203 e. The van der Waals surface area contributed by atoms with Crippen molar-refractivity contribution in [3.63, 3.8) is 0 Å². The molecule has 0 spiro atoms. The lowest BCUT2D eigenvalue weighted by molar-refractivity contribution is 0.128. The summed E-state index contributed by atoms with van der Waals surface area (Å²) in [5.74, 6) is 1.34. The number of hydrogen-bond donors (Lipinski definition) is 1. The molecule has 124 valence electrons. The zero-order chi connectivity index (χ0) is 16.4. The summed E-state index contributed by atoms with van der Waals surface area (Å²) in [6.45, 7) is 2.03. The molecule has 4 rings (SSSR count). The molecule has 1 aromatic carbocycles. The molecule has 24 heavy (non-hydrogen) atoms. The fourth-order valence-corrected chi connectivity index (χ4v) is 3.76. The second-order valence-corrected chi connectivity index (χ2v) is 6.46. The van der Waals surface area contributed by atoms with Crippen LogP contribution in [0, 0.1) is 5.92 Å². The van der Waals surface area contributed by atoms with Gasteiger partial charge in [0.1, 0.15) is 6.33 Å². The third kappa shape index (κ3) is 2.85. The maximum absolute atomic E-state index is 4.43. The van der Waals surface area contributed by atoms with Crippen molar-refractivity contribution in [1.29, 1.82) is 0 Å². The first-order valence-corrected chi connectivity index (χ1v) is 8.46. The highest BCUT2D eigenvalue weighted by Crippen LogP contribution is 2.35. The van der Waals surface area contributed by atoms with Gasteiger partial charge in [0, 0.05) is 25.0 Å². The first-order valence-electron chi connectivity index (χ1n) is 8.46. The van der Waals surface area contributed by atoms with E-state index in [1.165, 1.54) is 18.4 Å². The predicted octanol–water partition coefficient (Wildman–Crippen LogP) is 2.62. The number of piperidine rings is 1. The van der Waals surface area contributed by atoms with Crippen molar-refractivity contribution >= 4 is 11.5 Å². The minimum absolute atomic E-state index is 0.435. The van der Waals surface area contributed by atoms with E-state index >= 15 is 0 Å². The summed E-state index contributed by atoms with van der Waals surface area (Å²) in [5.41, 5.74) is 2.16. The number of rotatable bonds is 4. The van der Waals surface area contributed by atoms with E-state index in [1.54, 1.807) is 12.5 Å². The van der Waals surface area contributed by atoms with Crippen LogP contribution >= 0.6 is 0 Å². The van der Waals surface area contributed by atoms with Crippen LogP contribution in [0.2, 0.25) is 0 Å². The highest BCUT2D eigenvalue weighted by atomic mass is 15.2. The Kier molecular flexibility index (Phi) is 4.13. The molecule has 6 nitrogen and oxygen atoms in total. The maximum atomic E-state index is 4.43. The lowest BCUT2D eigenvalue weighted by Gasteiger charge is -2.39. The van der Waals surface area contributed by atoms with E-state index in [-0.39, 0.29) is 0 Å². The minimum Gasteiger partial charge on any atom is -0.367 e. The lowest BCUT2D eigenvalue weighted by atomic mass is 9.85. The Labute approximate surface area is 141 Å². The van der Waals surface area contributed by atoms with Gasteiger partial charge in [-0.2, -0.15) is 0 Å². The van der Waals surface area contributed by atoms with Gasteiger partial charge in [0.15, 0.2) is 5.82 Å². The van der Waals surface area contributed by atoms with Gasteiger partial charge < -0.3 is 5.32 Å². The number of hydrogen-bond acceptors (Lipinski definition) is 5. The molecule has 0 aliphatic carbocycles. The maximum Gasteiger partial charge on any atom is 0.203 e. The second kappa shape index (κ2) is 6.57. The van der Waals surface area contributed by atoms with Crippen molar-refractivity contribution in [2.24, 2.45) is 5.92 Å². The third-order valence-corrected chi connectivity index (χ3v) is 4.90. The average molecular weight is 322 g/mol. The van der Waals surface area contributed by atoms with Gasteiger partial charge >= 0.3 is 0 Å². The highest BCUT2D eigenvalue weighted by Gasteiger charge is 2.30. The van der Waals surface area contributed by atoms with E-state index in [9.17, 15) is 0 Å². The summed E-state index contributed by atoms with van der Waals surface area (Å²) in [6, 6.07) is 11.2. The Morgan fingerprint density at radius 3 is 3.00 bits per heavy atom. The number of nitrogens with zero attached hydrogens (tertiary/aromatic N) is 5. The van der Waals surface area contributed by atoms with Crippen LogP contribution in [0.15, 0.2) is 49.1 Å². The van der Waals surface area contributed by atoms with Crippen molar-refractivity contribution in [3.05, 3.63) is 54.6 Å². The summed E-state index contributed by atoms with van der Waals surface area (Å²) in [6.07, 6.45) is 7.78. The molecule has 0 amide bonds. The van der Waals surface area contributed by atoms with Gasteiger partial charge in [-0.05, 0) is 37.9 Å². The first kappa shape index (κ1) is 15.1. The summed E-state index contributed by atoms with van der Waals surface area (Å²) < 4.78 is 1.89. The van der Waals surface area contributed by atoms with Gasteiger partial charge in [-0.3, -0.25) is 9.30 Å². The fourth-order valence-electron chi connectivity index (χ4n) is 3.76. The van der Waals surface area contributed by atoms with E-state index in [0.717, 1.165) is 24.6 Å². The van der Waals surface area contributed by atoms with Gasteiger partial charge in [0.25, 0.3) is 0 Å². The van der Waals surface area contributed by atoms with E-state index in [4.69, 9.17) is 0 Å². The fraction of sp³-hybridized carbons (Fsp3) is 0.389. The Hall–Kier alpha value is -2.47. The van der Waals surface area contributed by atoms with Crippen molar-refractivity contribution < 1.29 is 0 Å². The van der Waals surface area contributed by atoms with Crippen LogP contribution in [0.3, 0.4) is 0 Å². The molecule has 0 radical (unpaired) electrons. The zero-order valence-electron chi connectivity index (χ0n) is 13.8. The Morgan fingerprint density at radius 1 is 1.25 bits per heavy atom. The molecule has 2 aromatic heterocycles. The topological polar surface area (TPSA) is 58.4 Å². The van der Waals surface area contributed by atoms with E-state index in [2.05, 4.69) is 62.8 Å². The number of anilines is 1. The molecule has 1 fully saturated rings. The SMILES string of the molecule is CN1CCC[C@H](CNc2nccn3cnnc23)[C@H]1c1ccccc1. The van der Waals surface area contributed by atoms with Crippen LogP contribution in [-0.4, -0.2) is 44.6 Å². The van der Waals surface area contributed by atoms with Gasteiger partial charge in [-0.15, -0.1) is 10.2 Å². The highest BCUT2D eigenvalue weighted by molar-refractivity contribution is 5.61. The normalized spacial score (nSPS) is 21.9. The summed E-state index contributed by atoms with van der Waals surface area (Å²) in [4.78, 5) is 6.90. The van der Waals surface area contributed by atoms with Crippen molar-refractivity contribution in [1.82, 2.24) is 24.5 Å². The Balaban J connectivity index is 1.54. The molecule has 0 bridgehead atoms. The molecule has 2 atom stereocenters. The van der Waals surface area contributed by atoms with Gasteiger partial charge in [-0.1, -0.05) is 30.3 Å². The molecular weight excluding hydrogens is 300 g/mol. The van der Waals surface area contributed by atoms with Crippen LogP contribution in [0.4, 0.5) is 5.82 Å². The van der Waals surface area contributed by atoms with Crippen LogP contribution < -0.4 is 5.32 Å². The first-order chi connectivity index (χ1) is 11.8. The van der Waals surface area contributed by atoms with Gasteiger partial charge in [0.2, 0.25) is 5.65 Å². The van der Waals surface area contributed by atoms with Crippen molar-refractivity contribution in [3.8, 4) is 0 Å². The van der Waals surface area contributed by atoms with Crippen LogP contribution in [0.25, 0.3) is 5.65 Å². The van der Waals surface area contributed by atoms with E-state index in [1.807, 2.05) is 10.6 Å². The third-order valence-electron chi connectivity index (χ3n) is 4.90. The minimum atomic E-state index is 0.435. The number of nitrogens with one attached hydrogen (secondary N) is 1. The van der Waals surface area contributed by atoms with Crippen LogP contribution in [0.1, 0.15) is 24.4 Å². The number of aromatic nitrogens is 4. The number of benzene rings is 1. The van der Waals surface area contributed by atoms with E-state index < -0.39 is 0 Å². The summed E-state index contributed by atoms with van der Waals surface area (Å²) >= 11 is 0. The summed E-state index contributed by atoms with van der Waals surface area (Å²) in [7, 11) is 2.22. The average Bonchev–Trinajstić information content (AvgIpc) is 3.10. The molecule has 6 heteroatoms. The largest absolute Gasteiger partial charge is 0.367 e. The van der Waals surface area contributed by atoms with Gasteiger partial charge in [-0.25, -0.2) is 4.98 Å². The molecule has 1 saturated heterocycles. The zero-order valence-corrected chi connectivity index (χ0v) is 13.8.